The predicted molar refractivity (Wildman–Crippen MR) is 68.3 cm³/mol. The molecule has 2 heterocycles. The molecule has 1 aliphatic heterocycles. The first-order chi connectivity index (χ1) is 8.06. The highest BCUT2D eigenvalue weighted by atomic mass is 16.5. The molecule has 1 aromatic heterocycles. The fourth-order valence-electron chi connectivity index (χ4n) is 2.18. The van der Waals surface area contributed by atoms with Crippen molar-refractivity contribution >= 4 is 5.82 Å². The second-order valence-electron chi connectivity index (χ2n) is 5.09. The molecule has 0 amide bonds. The average Bonchev–Trinajstić information content (AvgIpc) is 2.28. The van der Waals surface area contributed by atoms with Gasteiger partial charge < -0.3 is 9.64 Å². The van der Waals surface area contributed by atoms with E-state index in [2.05, 4.69) is 42.6 Å². The lowest BCUT2D eigenvalue weighted by Crippen LogP contribution is -2.45. The third kappa shape index (κ3) is 2.94. The Bertz CT molecular complexity index is 371. The first-order valence-corrected chi connectivity index (χ1v) is 6.29. The summed E-state index contributed by atoms with van der Waals surface area (Å²) in [7, 11) is 0. The molecule has 0 aromatic carbocycles. The molecule has 1 fully saturated rings. The monoisotopic (exact) mass is 235 g/mol. The Morgan fingerprint density at radius 3 is 2.53 bits per heavy atom. The molecule has 94 valence electrons. The average molecular weight is 235 g/mol. The second kappa shape index (κ2) is 5.00. The molecule has 1 saturated heterocycles. The molecule has 0 bridgehead atoms. The summed E-state index contributed by atoms with van der Waals surface area (Å²) in [6.45, 7) is 10.2. The van der Waals surface area contributed by atoms with Gasteiger partial charge in [0.25, 0.3) is 0 Å². The summed E-state index contributed by atoms with van der Waals surface area (Å²) in [6, 6.07) is 1.98. The Kier molecular flexibility index (Phi) is 3.62. The van der Waals surface area contributed by atoms with Gasteiger partial charge in [-0.1, -0.05) is 13.8 Å². The number of anilines is 1. The zero-order valence-electron chi connectivity index (χ0n) is 11.1. The van der Waals surface area contributed by atoms with Crippen LogP contribution in [0.15, 0.2) is 12.3 Å². The largest absolute Gasteiger partial charge is 0.372 e. The first-order valence-electron chi connectivity index (χ1n) is 6.29. The van der Waals surface area contributed by atoms with Crippen molar-refractivity contribution in [3.05, 3.63) is 18.1 Å². The van der Waals surface area contributed by atoms with Gasteiger partial charge in [0.2, 0.25) is 0 Å². The van der Waals surface area contributed by atoms with E-state index in [0.717, 1.165) is 24.7 Å². The van der Waals surface area contributed by atoms with Crippen molar-refractivity contribution in [1.82, 2.24) is 9.97 Å². The Morgan fingerprint density at radius 2 is 1.94 bits per heavy atom. The third-order valence-corrected chi connectivity index (χ3v) is 2.92. The van der Waals surface area contributed by atoms with Gasteiger partial charge in [-0.05, 0) is 19.9 Å². The maximum atomic E-state index is 5.73. The van der Waals surface area contributed by atoms with Crippen LogP contribution in [0.3, 0.4) is 0 Å². The molecule has 4 heteroatoms. The Morgan fingerprint density at radius 1 is 1.29 bits per heavy atom. The van der Waals surface area contributed by atoms with E-state index in [1.54, 1.807) is 0 Å². The van der Waals surface area contributed by atoms with E-state index in [1.165, 1.54) is 0 Å². The zero-order chi connectivity index (χ0) is 12.4. The van der Waals surface area contributed by atoms with E-state index in [0.29, 0.717) is 5.92 Å². The van der Waals surface area contributed by atoms with Crippen LogP contribution in [0, 0.1) is 0 Å². The molecular formula is C13H21N3O. The third-order valence-electron chi connectivity index (χ3n) is 2.92. The molecular weight excluding hydrogens is 214 g/mol. The molecule has 1 aliphatic rings. The number of ether oxygens (including phenoxy) is 1. The van der Waals surface area contributed by atoms with Crippen LogP contribution >= 0.6 is 0 Å². The van der Waals surface area contributed by atoms with Crippen LogP contribution in [0.4, 0.5) is 5.82 Å². The summed E-state index contributed by atoms with van der Waals surface area (Å²) in [6.07, 6.45) is 2.37. The molecule has 0 N–H and O–H groups in total. The molecule has 0 aliphatic carbocycles. The normalized spacial score (nSPS) is 25.4. The number of rotatable bonds is 2. The molecule has 0 radical (unpaired) electrons. The lowest BCUT2D eigenvalue weighted by Gasteiger charge is -2.36. The van der Waals surface area contributed by atoms with Gasteiger partial charge in [0.1, 0.15) is 11.6 Å². The Hall–Kier alpha value is -1.16. The van der Waals surface area contributed by atoms with Crippen LogP contribution in [-0.4, -0.2) is 35.3 Å². The van der Waals surface area contributed by atoms with Gasteiger partial charge >= 0.3 is 0 Å². The van der Waals surface area contributed by atoms with E-state index in [4.69, 9.17) is 4.74 Å². The molecule has 1 aromatic rings. The molecule has 2 rings (SSSR count). The number of hydrogen-bond acceptors (Lipinski definition) is 4. The van der Waals surface area contributed by atoms with Crippen molar-refractivity contribution in [2.24, 2.45) is 0 Å². The van der Waals surface area contributed by atoms with E-state index in [9.17, 15) is 0 Å². The summed E-state index contributed by atoms with van der Waals surface area (Å²) < 4.78 is 5.73. The lowest BCUT2D eigenvalue weighted by atomic mass is 10.2. The fourth-order valence-corrected chi connectivity index (χ4v) is 2.18. The second-order valence-corrected chi connectivity index (χ2v) is 5.09. The quantitative estimate of drug-likeness (QED) is 0.787. The minimum atomic E-state index is 0.260. The molecule has 0 saturated carbocycles. The number of hydrogen-bond donors (Lipinski definition) is 0. The van der Waals surface area contributed by atoms with Crippen LogP contribution in [0.25, 0.3) is 0 Å². The van der Waals surface area contributed by atoms with Crippen LogP contribution in [0.1, 0.15) is 39.4 Å². The highest BCUT2D eigenvalue weighted by molar-refractivity contribution is 5.38. The van der Waals surface area contributed by atoms with Gasteiger partial charge in [-0.3, -0.25) is 0 Å². The van der Waals surface area contributed by atoms with Crippen molar-refractivity contribution in [1.29, 1.82) is 0 Å². The van der Waals surface area contributed by atoms with Gasteiger partial charge in [-0.15, -0.1) is 0 Å². The maximum absolute atomic E-state index is 5.73. The molecule has 0 unspecified atom stereocenters. The van der Waals surface area contributed by atoms with Crippen LogP contribution in [-0.2, 0) is 4.74 Å². The van der Waals surface area contributed by atoms with Gasteiger partial charge in [-0.2, -0.15) is 0 Å². The summed E-state index contributed by atoms with van der Waals surface area (Å²) >= 11 is 0. The van der Waals surface area contributed by atoms with Crippen LogP contribution in [0.5, 0.6) is 0 Å². The SMILES string of the molecule is CC(C)c1nccc(N2C[C@@H](C)O[C@@H](C)C2)n1. The van der Waals surface area contributed by atoms with E-state index in [1.807, 2.05) is 12.3 Å². The van der Waals surface area contributed by atoms with E-state index < -0.39 is 0 Å². The number of nitrogens with zero attached hydrogens (tertiary/aromatic N) is 3. The Labute approximate surface area is 103 Å². The minimum Gasteiger partial charge on any atom is -0.372 e. The zero-order valence-corrected chi connectivity index (χ0v) is 11.1. The summed E-state index contributed by atoms with van der Waals surface area (Å²) in [4.78, 5) is 11.2. The lowest BCUT2D eigenvalue weighted by molar-refractivity contribution is -0.00548. The van der Waals surface area contributed by atoms with Gasteiger partial charge in [0, 0.05) is 25.2 Å². The summed E-state index contributed by atoms with van der Waals surface area (Å²) in [5.41, 5.74) is 0. The first kappa shape index (κ1) is 12.3. The van der Waals surface area contributed by atoms with Crippen molar-refractivity contribution < 1.29 is 4.74 Å². The van der Waals surface area contributed by atoms with Crippen molar-refractivity contribution in [3.63, 3.8) is 0 Å². The number of aromatic nitrogens is 2. The number of morpholine rings is 1. The molecule has 2 atom stereocenters. The van der Waals surface area contributed by atoms with Gasteiger partial charge in [0.15, 0.2) is 0 Å². The minimum absolute atomic E-state index is 0.260. The van der Waals surface area contributed by atoms with E-state index >= 15 is 0 Å². The van der Waals surface area contributed by atoms with Crippen molar-refractivity contribution in [2.75, 3.05) is 18.0 Å². The topological polar surface area (TPSA) is 38.2 Å². The smallest absolute Gasteiger partial charge is 0.133 e. The molecule has 4 nitrogen and oxygen atoms in total. The fraction of sp³-hybridized carbons (Fsp3) is 0.692. The van der Waals surface area contributed by atoms with Gasteiger partial charge in [0.05, 0.1) is 12.2 Å². The maximum Gasteiger partial charge on any atom is 0.133 e. The highest BCUT2D eigenvalue weighted by Gasteiger charge is 2.23. The van der Waals surface area contributed by atoms with Crippen molar-refractivity contribution in [2.45, 2.75) is 45.8 Å². The summed E-state index contributed by atoms with van der Waals surface area (Å²) in [5, 5.41) is 0. The standard InChI is InChI=1S/C13H21N3O/c1-9(2)13-14-6-5-12(15-13)16-7-10(3)17-11(4)8-16/h5-6,9-11H,7-8H2,1-4H3/t10-,11+. The molecule has 0 spiro atoms. The van der Waals surface area contributed by atoms with Crippen LogP contribution < -0.4 is 4.90 Å². The predicted octanol–water partition coefficient (Wildman–Crippen LogP) is 2.21. The van der Waals surface area contributed by atoms with E-state index in [-0.39, 0.29) is 12.2 Å². The summed E-state index contributed by atoms with van der Waals surface area (Å²) in [5.74, 6) is 2.30. The highest BCUT2D eigenvalue weighted by Crippen LogP contribution is 2.19. The van der Waals surface area contributed by atoms with Crippen molar-refractivity contribution in [3.8, 4) is 0 Å². The van der Waals surface area contributed by atoms with Gasteiger partial charge in [-0.25, -0.2) is 9.97 Å². The molecule has 17 heavy (non-hydrogen) atoms. The Balaban J connectivity index is 2.18. The van der Waals surface area contributed by atoms with Crippen LogP contribution in [0.2, 0.25) is 0 Å².